The van der Waals surface area contributed by atoms with Gasteiger partial charge in [0.05, 0.1) is 0 Å². The molecule has 3 atom stereocenters. The van der Waals surface area contributed by atoms with Crippen LogP contribution in [0.2, 0.25) is 0 Å². The van der Waals surface area contributed by atoms with Crippen LogP contribution in [0, 0.1) is 18.3 Å². The Hall–Kier alpha value is -2.25. The summed E-state index contributed by atoms with van der Waals surface area (Å²) in [7, 11) is 0. The fourth-order valence-electron chi connectivity index (χ4n) is 3.53. The minimum absolute atomic E-state index is 0.0136. The first kappa shape index (κ1) is 12.5. The molecule has 106 valence electrons. The quantitative estimate of drug-likeness (QED) is 0.843. The second kappa shape index (κ2) is 4.64. The Balaban J connectivity index is 1.55. The van der Waals surface area contributed by atoms with Crippen molar-refractivity contribution in [2.75, 3.05) is 19.6 Å². The summed E-state index contributed by atoms with van der Waals surface area (Å²) in [4.78, 5) is 14.8. The Bertz CT molecular complexity index is 755. The van der Waals surface area contributed by atoms with Gasteiger partial charge in [-0.2, -0.15) is 0 Å². The first-order valence-electron chi connectivity index (χ1n) is 7.34. The number of hydrogen-bond donors (Lipinski definition) is 1. The number of hydrogen-bond acceptors (Lipinski definition) is 2. The number of nitrogens with zero attached hydrogens (tertiary/aromatic N) is 2. The molecule has 0 aromatic carbocycles. The first-order valence-corrected chi connectivity index (χ1v) is 7.34. The third kappa shape index (κ3) is 2.10. The summed E-state index contributed by atoms with van der Waals surface area (Å²) < 4.78 is 1.94. The smallest absolute Gasteiger partial charge is 0.251 e. The van der Waals surface area contributed by atoms with Gasteiger partial charge < -0.3 is 14.6 Å². The summed E-state index contributed by atoms with van der Waals surface area (Å²) in [5.74, 6) is 3.25. The van der Waals surface area contributed by atoms with Gasteiger partial charge in [0.2, 0.25) is 0 Å². The van der Waals surface area contributed by atoms with Crippen molar-refractivity contribution in [3.63, 3.8) is 0 Å². The Kier molecular flexibility index (Phi) is 2.76. The largest absolute Gasteiger partial charge is 0.348 e. The van der Waals surface area contributed by atoms with E-state index in [4.69, 9.17) is 6.42 Å². The Labute approximate surface area is 123 Å². The lowest BCUT2D eigenvalue weighted by atomic mass is 10.00. The highest BCUT2D eigenvalue weighted by Gasteiger charge is 2.38. The number of terminal acetylenes is 1. The third-order valence-electron chi connectivity index (χ3n) is 4.68. The molecule has 0 saturated carbocycles. The molecule has 4 nitrogen and oxygen atoms in total. The zero-order valence-electron chi connectivity index (χ0n) is 11.7. The molecule has 2 aliphatic rings. The lowest BCUT2D eigenvalue weighted by Crippen LogP contribution is -2.43. The lowest BCUT2D eigenvalue weighted by Gasteiger charge is -2.23. The number of carbonyl (C=O) groups excluding carboxylic acids is 1. The van der Waals surface area contributed by atoms with Gasteiger partial charge in [0.15, 0.2) is 0 Å². The Morgan fingerprint density at radius 3 is 3.00 bits per heavy atom. The van der Waals surface area contributed by atoms with Crippen molar-refractivity contribution in [3.8, 4) is 12.3 Å². The molecule has 0 radical (unpaired) electrons. The molecule has 2 fully saturated rings. The van der Waals surface area contributed by atoms with Gasteiger partial charge in [0, 0.05) is 48.2 Å². The molecule has 1 N–H and O–H groups in total. The van der Waals surface area contributed by atoms with E-state index in [9.17, 15) is 4.79 Å². The van der Waals surface area contributed by atoms with Crippen LogP contribution in [0.4, 0.5) is 0 Å². The molecule has 1 amide bonds. The summed E-state index contributed by atoms with van der Waals surface area (Å²) in [5, 5.41) is 3.18. The van der Waals surface area contributed by atoms with Crippen molar-refractivity contribution < 1.29 is 4.79 Å². The predicted octanol–water partition coefficient (Wildman–Crippen LogP) is 1.35. The summed E-state index contributed by atoms with van der Waals surface area (Å²) in [5.41, 5.74) is 2.47. The van der Waals surface area contributed by atoms with E-state index in [1.165, 1.54) is 13.0 Å². The van der Waals surface area contributed by atoms with E-state index in [-0.39, 0.29) is 5.91 Å². The van der Waals surface area contributed by atoms with Gasteiger partial charge in [0.25, 0.3) is 5.91 Å². The molecule has 4 heteroatoms. The van der Waals surface area contributed by atoms with Crippen LogP contribution in [0.15, 0.2) is 30.6 Å². The zero-order valence-corrected chi connectivity index (χ0v) is 11.7. The molecule has 0 spiro atoms. The van der Waals surface area contributed by atoms with Crippen LogP contribution in [0.1, 0.15) is 22.3 Å². The van der Waals surface area contributed by atoms with Gasteiger partial charge in [-0.3, -0.25) is 4.79 Å². The Morgan fingerprint density at radius 1 is 1.38 bits per heavy atom. The lowest BCUT2D eigenvalue weighted by molar-refractivity contribution is 0.0924. The first-order chi connectivity index (χ1) is 10.2. The zero-order chi connectivity index (χ0) is 14.4. The van der Waals surface area contributed by atoms with Gasteiger partial charge in [-0.15, -0.1) is 6.42 Å². The van der Waals surface area contributed by atoms with Gasteiger partial charge in [-0.05, 0) is 37.1 Å². The second-order valence-corrected chi connectivity index (χ2v) is 6.01. The summed E-state index contributed by atoms with van der Waals surface area (Å²) in [6, 6.07) is 5.95. The SMILES string of the molecule is C#Cc1cc2cc(C(=O)NC3CN4CCC3C4)ccn2c1. The van der Waals surface area contributed by atoms with Crippen molar-refractivity contribution in [3.05, 3.63) is 41.7 Å². The molecule has 2 bridgehead atoms. The van der Waals surface area contributed by atoms with E-state index < -0.39 is 0 Å². The average molecular weight is 279 g/mol. The molecule has 2 aliphatic heterocycles. The third-order valence-corrected chi connectivity index (χ3v) is 4.68. The number of amides is 1. The monoisotopic (exact) mass is 279 g/mol. The van der Waals surface area contributed by atoms with Crippen LogP contribution in [0.3, 0.4) is 0 Å². The molecule has 0 aliphatic carbocycles. The highest BCUT2D eigenvalue weighted by Crippen LogP contribution is 2.27. The van der Waals surface area contributed by atoms with Crippen LogP contribution >= 0.6 is 0 Å². The predicted molar refractivity (Wildman–Crippen MR) is 81.1 cm³/mol. The molecule has 2 aromatic heterocycles. The van der Waals surface area contributed by atoms with Crippen molar-refractivity contribution in [2.45, 2.75) is 12.5 Å². The van der Waals surface area contributed by atoms with E-state index in [1.54, 1.807) is 0 Å². The van der Waals surface area contributed by atoms with Gasteiger partial charge in [-0.1, -0.05) is 5.92 Å². The van der Waals surface area contributed by atoms with E-state index in [1.807, 2.05) is 35.0 Å². The summed E-state index contributed by atoms with van der Waals surface area (Å²) in [6.45, 7) is 3.31. The maximum atomic E-state index is 12.4. The summed E-state index contributed by atoms with van der Waals surface area (Å²) >= 11 is 0. The fourth-order valence-corrected chi connectivity index (χ4v) is 3.53. The van der Waals surface area contributed by atoms with Crippen molar-refractivity contribution >= 4 is 11.4 Å². The average Bonchev–Trinajstić information content (AvgIpc) is 3.20. The highest BCUT2D eigenvalue weighted by molar-refractivity contribution is 5.95. The molecular weight excluding hydrogens is 262 g/mol. The molecule has 2 saturated heterocycles. The minimum Gasteiger partial charge on any atom is -0.348 e. The number of carbonyl (C=O) groups is 1. The van der Waals surface area contributed by atoms with E-state index in [0.29, 0.717) is 17.5 Å². The van der Waals surface area contributed by atoms with Crippen LogP contribution in [0.5, 0.6) is 0 Å². The Morgan fingerprint density at radius 2 is 2.29 bits per heavy atom. The second-order valence-electron chi connectivity index (χ2n) is 6.01. The number of fused-ring (bicyclic) bond motifs is 3. The fraction of sp³-hybridized carbons (Fsp3) is 0.353. The topological polar surface area (TPSA) is 36.8 Å². The minimum atomic E-state index is 0.0136. The number of nitrogens with one attached hydrogen (secondary N) is 1. The number of pyridine rings is 1. The molecule has 3 unspecified atom stereocenters. The van der Waals surface area contributed by atoms with Gasteiger partial charge in [-0.25, -0.2) is 0 Å². The highest BCUT2D eigenvalue weighted by atomic mass is 16.1. The van der Waals surface area contributed by atoms with E-state index in [2.05, 4.69) is 16.1 Å². The standard InChI is InChI=1S/C17H17N3O/c1-2-12-7-15-8-13(4-6-20(15)9-12)17(21)18-16-11-19-5-3-14(16)10-19/h1,4,6-9,14,16H,3,5,10-11H2,(H,18,21). The molecule has 4 rings (SSSR count). The van der Waals surface area contributed by atoms with Gasteiger partial charge in [0.1, 0.15) is 0 Å². The molecule has 4 heterocycles. The van der Waals surface area contributed by atoms with Crippen molar-refractivity contribution in [1.82, 2.24) is 14.6 Å². The summed E-state index contributed by atoms with van der Waals surface area (Å²) in [6.07, 6.45) is 10.4. The van der Waals surface area contributed by atoms with Crippen LogP contribution in [-0.4, -0.2) is 40.9 Å². The van der Waals surface area contributed by atoms with Gasteiger partial charge >= 0.3 is 0 Å². The van der Waals surface area contributed by atoms with E-state index in [0.717, 1.165) is 24.2 Å². The van der Waals surface area contributed by atoms with Crippen LogP contribution < -0.4 is 5.32 Å². The van der Waals surface area contributed by atoms with Crippen molar-refractivity contribution in [2.24, 2.45) is 5.92 Å². The van der Waals surface area contributed by atoms with Crippen LogP contribution in [-0.2, 0) is 0 Å². The molecule has 2 aromatic rings. The number of rotatable bonds is 2. The molecule has 21 heavy (non-hydrogen) atoms. The van der Waals surface area contributed by atoms with Crippen LogP contribution in [0.25, 0.3) is 5.52 Å². The van der Waals surface area contributed by atoms with Crippen molar-refractivity contribution in [1.29, 1.82) is 0 Å². The van der Waals surface area contributed by atoms with E-state index >= 15 is 0 Å². The molecular formula is C17H17N3O. The normalized spacial score (nSPS) is 26.9. The maximum Gasteiger partial charge on any atom is 0.251 e. The number of aromatic nitrogens is 1. The number of piperidine rings is 1. The maximum absolute atomic E-state index is 12.4.